The molecule has 6 nitrogen and oxygen atoms in total. The molecule has 7 heteroatoms. The SMILES string of the molecule is Cc1ccc(S(=O)(=O)NCCc2nc3ccccc3c(=O)[nH]2)cc1. The number of fused-ring (bicyclic) bond motifs is 1. The van der Waals surface area contributed by atoms with Gasteiger partial charge < -0.3 is 4.98 Å². The molecule has 0 aliphatic carbocycles. The number of benzene rings is 2. The number of nitrogens with one attached hydrogen (secondary N) is 2. The monoisotopic (exact) mass is 343 g/mol. The summed E-state index contributed by atoms with van der Waals surface area (Å²) >= 11 is 0. The first-order chi connectivity index (χ1) is 11.5. The van der Waals surface area contributed by atoms with Crippen molar-refractivity contribution >= 4 is 20.9 Å². The van der Waals surface area contributed by atoms with Gasteiger partial charge in [0.2, 0.25) is 10.0 Å². The largest absolute Gasteiger partial charge is 0.310 e. The van der Waals surface area contributed by atoms with Crippen molar-refractivity contribution in [2.75, 3.05) is 6.54 Å². The number of nitrogens with zero attached hydrogens (tertiary/aromatic N) is 1. The molecule has 0 aliphatic rings. The van der Waals surface area contributed by atoms with Crippen LogP contribution in [0.15, 0.2) is 58.2 Å². The molecule has 1 aromatic heterocycles. The summed E-state index contributed by atoms with van der Waals surface area (Å²) in [5.74, 6) is 0.449. The Morgan fingerprint density at radius 3 is 2.54 bits per heavy atom. The van der Waals surface area contributed by atoms with Gasteiger partial charge in [0.1, 0.15) is 5.82 Å². The fraction of sp³-hybridized carbons (Fsp3) is 0.176. The minimum absolute atomic E-state index is 0.150. The zero-order chi connectivity index (χ0) is 17.2. The van der Waals surface area contributed by atoms with Gasteiger partial charge in [-0.2, -0.15) is 0 Å². The van der Waals surface area contributed by atoms with Crippen LogP contribution in [0.5, 0.6) is 0 Å². The van der Waals surface area contributed by atoms with E-state index < -0.39 is 10.0 Å². The van der Waals surface area contributed by atoms with Gasteiger partial charge in [0.15, 0.2) is 0 Å². The van der Waals surface area contributed by atoms with E-state index in [2.05, 4.69) is 14.7 Å². The molecule has 2 aromatic carbocycles. The molecule has 1 heterocycles. The third-order valence-electron chi connectivity index (χ3n) is 3.65. The van der Waals surface area contributed by atoms with Gasteiger partial charge in [-0.15, -0.1) is 0 Å². The normalized spacial score (nSPS) is 11.7. The molecule has 0 amide bonds. The minimum Gasteiger partial charge on any atom is -0.310 e. The van der Waals surface area contributed by atoms with E-state index in [1.807, 2.05) is 6.92 Å². The molecule has 0 radical (unpaired) electrons. The molecular weight excluding hydrogens is 326 g/mol. The van der Waals surface area contributed by atoms with E-state index in [9.17, 15) is 13.2 Å². The van der Waals surface area contributed by atoms with E-state index in [4.69, 9.17) is 0 Å². The molecule has 0 bridgehead atoms. The number of aryl methyl sites for hydroxylation is 1. The molecule has 3 aromatic rings. The second-order valence-corrected chi connectivity index (χ2v) is 7.26. The Bertz CT molecular complexity index is 1020. The maximum absolute atomic E-state index is 12.2. The van der Waals surface area contributed by atoms with E-state index in [0.29, 0.717) is 23.1 Å². The van der Waals surface area contributed by atoms with Crippen LogP contribution in [0.4, 0.5) is 0 Å². The van der Waals surface area contributed by atoms with Crippen molar-refractivity contribution in [3.8, 4) is 0 Å². The number of para-hydroxylation sites is 1. The molecule has 0 atom stereocenters. The first-order valence-corrected chi connectivity index (χ1v) is 8.98. The molecule has 0 unspecified atom stereocenters. The Morgan fingerprint density at radius 1 is 1.08 bits per heavy atom. The van der Waals surface area contributed by atoms with E-state index in [-0.39, 0.29) is 17.0 Å². The first kappa shape index (κ1) is 16.4. The topological polar surface area (TPSA) is 91.9 Å². The lowest BCUT2D eigenvalue weighted by molar-refractivity contribution is 0.581. The summed E-state index contributed by atoms with van der Waals surface area (Å²) in [5, 5.41) is 0.515. The third kappa shape index (κ3) is 3.52. The summed E-state index contributed by atoms with van der Waals surface area (Å²) in [7, 11) is -3.57. The van der Waals surface area contributed by atoms with Crippen LogP contribution < -0.4 is 10.3 Å². The van der Waals surface area contributed by atoms with Crippen LogP contribution in [0.2, 0.25) is 0 Å². The number of rotatable bonds is 5. The van der Waals surface area contributed by atoms with E-state index in [1.165, 1.54) is 0 Å². The molecule has 0 aliphatic heterocycles. The van der Waals surface area contributed by atoms with Gasteiger partial charge in [-0.3, -0.25) is 4.79 Å². The van der Waals surface area contributed by atoms with Gasteiger partial charge in [-0.25, -0.2) is 18.1 Å². The molecule has 3 rings (SSSR count). The van der Waals surface area contributed by atoms with Crippen LogP contribution >= 0.6 is 0 Å². The highest BCUT2D eigenvalue weighted by Gasteiger charge is 2.13. The molecule has 24 heavy (non-hydrogen) atoms. The van der Waals surface area contributed by atoms with Crippen LogP contribution in [-0.4, -0.2) is 24.9 Å². The Kier molecular flexibility index (Phi) is 4.46. The maximum Gasteiger partial charge on any atom is 0.258 e. The molecule has 0 saturated carbocycles. The van der Waals surface area contributed by atoms with E-state index >= 15 is 0 Å². The van der Waals surface area contributed by atoms with Crippen molar-refractivity contribution in [3.05, 3.63) is 70.3 Å². The zero-order valence-electron chi connectivity index (χ0n) is 13.1. The fourth-order valence-electron chi connectivity index (χ4n) is 2.36. The van der Waals surface area contributed by atoms with E-state index in [0.717, 1.165) is 5.56 Å². The Morgan fingerprint density at radius 2 is 1.79 bits per heavy atom. The Labute approximate surface area is 139 Å². The van der Waals surface area contributed by atoms with Gasteiger partial charge in [0.05, 0.1) is 15.8 Å². The Hall–Kier alpha value is -2.51. The molecule has 0 fully saturated rings. The van der Waals surface area contributed by atoms with Gasteiger partial charge in [-0.1, -0.05) is 29.8 Å². The number of aromatic amines is 1. The highest BCUT2D eigenvalue weighted by molar-refractivity contribution is 7.89. The summed E-state index contributed by atoms with van der Waals surface area (Å²) in [4.78, 5) is 19.2. The highest BCUT2D eigenvalue weighted by Crippen LogP contribution is 2.10. The van der Waals surface area contributed by atoms with Crippen LogP contribution in [0.1, 0.15) is 11.4 Å². The van der Waals surface area contributed by atoms with Gasteiger partial charge in [0, 0.05) is 13.0 Å². The van der Waals surface area contributed by atoms with Gasteiger partial charge >= 0.3 is 0 Å². The van der Waals surface area contributed by atoms with Crippen LogP contribution in [-0.2, 0) is 16.4 Å². The average Bonchev–Trinajstić information content (AvgIpc) is 2.55. The van der Waals surface area contributed by atoms with E-state index in [1.54, 1.807) is 48.5 Å². The summed E-state index contributed by atoms with van der Waals surface area (Å²) in [6.07, 6.45) is 0.297. The average molecular weight is 343 g/mol. The summed E-state index contributed by atoms with van der Waals surface area (Å²) in [6.45, 7) is 2.04. The lowest BCUT2D eigenvalue weighted by Gasteiger charge is -2.07. The highest BCUT2D eigenvalue weighted by atomic mass is 32.2. The second kappa shape index (κ2) is 6.54. The minimum atomic E-state index is -3.57. The first-order valence-electron chi connectivity index (χ1n) is 7.50. The molecule has 0 spiro atoms. The predicted molar refractivity (Wildman–Crippen MR) is 92.4 cm³/mol. The van der Waals surface area contributed by atoms with Crippen LogP contribution in [0, 0.1) is 6.92 Å². The number of hydrogen-bond acceptors (Lipinski definition) is 4. The Balaban J connectivity index is 1.72. The number of hydrogen-bond donors (Lipinski definition) is 2. The van der Waals surface area contributed by atoms with Crippen molar-refractivity contribution in [1.29, 1.82) is 0 Å². The predicted octanol–water partition coefficient (Wildman–Crippen LogP) is 1.75. The molecule has 0 saturated heterocycles. The standard InChI is InChI=1S/C17H17N3O3S/c1-12-6-8-13(9-7-12)24(22,23)18-11-10-16-19-15-5-3-2-4-14(15)17(21)20-16/h2-9,18H,10-11H2,1H3,(H,19,20,21). The van der Waals surface area contributed by atoms with Gasteiger partial charge in [0.25, 0.3) is 5.56 Å². The van der Waals surface area contributed by atoms with Crippen molar-refractivity contribution in [3.63, 3.8) is 0 Å². The molecule has 124 valence electrons. The summed E-state index contributed by atoms with van der Waals surface area (Å²) in [6, 6.07) is 13.7. The fourth-order valence-corrected chi connectivity index (χ4v) is 3.39. The van der Waals surface area contributed by atoms with Crippen LogP contribution in [0.25, 0.3) is 10.9 Å². The number of sulfonamides is 1. The van der Waals surface area contributed by atoms with Gasteiger partial charge in [-0.05, 0) is 31.2 Å². The van der Waals surface area contributed by atoms with Crippen LogP contribution in [0.3, 0.4) is 0 Å². The third-order valence-corrected chi connectivity index (χ3v) is 5.12. The number of H-pyrrole nitrogens is 1. The van der Waals surface area contributed by atoms with Crippen molar-refractivity contribution in [1.82, 2.24) is 14.7 Å². The van der Waals surface area contributed by atoms with Crippen molar-refractivity contribution < 1.29 is 8.42 Å². The second-order valence-electron chi connectivity index (χ2n) is 5.49. The van der Waals surface area contributed by atoms with Crippen molar-refractivity contribution in [2.24, 2.45) is 0 Å². The lowest BCUT2D eigenvalue weighted by atomic mass is 10.2. The maximum atomic E-state index is 12.2. The smallest absolute Gasteiger partial charge is 0.258 e. The molecule has 2 N–H and O–H groups in total. The lowest BCUT2D eigenvalue weighted by Crippen LogP contribution is -2.27. The summed E-state index contributed by atoms with van der Waals surface area (Å²) < 4.78 is 26.9. The summed E-state index contributed by atoms with van der Waals surface area (Å²) in [5.41, 5.74) is 1.36. The zero-order valence-corrected chi connectivity index (χ0v) is 13.9. The van der Waals surface area contributed by atoms with Crippen molar-refractivity contribution in [2.45, 2.75) is 18.2 Å². The quantitative estimate of drug-likeness (QED) is 0.738. The molecular formula is C17H17N3O3S. The number of aromatic nitrogens is 2.